The molecule has 0 aliphatic heterocycles. The van der Waals surface area contributed by atoms with Gasteiger partial charge in [0.2, 0.25) is 7.37 Å². The Bertz CT molecular complexity index is 290. The van der Waals surface area contributed by atoms with Gasteiger partial charge in [-0.25, -0.2) is 0 Å². The highest BCUT2D eigenvalue weighted by molar-refractivity contribution is 7.65. The van der Waals surface area contributed by atoms with E-state index in [-0.39, 0.29) is 0 Å². The van der Waals surface area contributed by atoms with Crippen LogP contribution in [-0.4, -0.2) is 16.7 Å². The van der Waals surface area contributed by atoms with Gasteiger partial charge in [-0.05, 0) is 5.10 Å². The number of aromatic nitrogens is 2. The second-order valence-electron chi connectivity index (χ2n) is 2.44. The Kier molecular flexibility index (Phi) is 2.07. The lowest BCUT2D eigenvalue weighted by Crippen LogP contribution is -2.33. The van der Waals surface area contributed by atoms with Gasteiger partial charge in [-0.2, -0.15) is 0 Å². The van der Waals surface area contributed by atoms with Gasteiger partial charge in [0, 0.05) is 12.7 Å². The van der Waals surface area contributed by atoms with Gasteiger partial charge in [-0.15, -0.1) is 0 Å². The van der Waals surface area contributed by atoms with Crippen LogP contribution in [0.5, 0.6) is 0 Å². The molecule has 0 fully saturated rings. The van der Waals surface area contributed by atoms with Crippen LogP contribution in [0.25, 0.3) is 0 Å². The van der Waals surface area contributed by atoms with Crippen LogP contribution in [0, 0.1) is 0 Å². The molecular weight excluding hydrogens is 163 g/mol. The van der Waals surface area contributed by atoms with Crippen LogP contribution in [0.3, 0.4) is 0 Å². The number of rotatable bonds is 1. The Morgan fingerprint density at radius 2 is 2.36 bits per heavy atom. The highest BCUT2D eigenvalue weighted by atomic mass is 31.2. The van der Waals surface area contributed by atoms with Crippen LogP contribution in [0.1, 0.15) is 0 Å². The second kappa shape index (κ2) is 2.72. The quantitative estimate of drug-likeness (QED) is 0.457. The van der Waals surface area contributed by atoms with Crippen molar-refractivity contribution in [3.63, 3.8) is 0 Å². The van der Waals surface area contributed by atoms with Crippen LogP contribution >= 0.6 is 7.37 Å². The van der Waals surface area contributed by atoms with E-state index in [1.807, 2.05) is 0 Å². The molecule has 1 unspecified atom stereocenters. The predicted molar refractivity (Wildman–Crippen MR) is 40.8 cm³/mol. The maximum absolute atomic E-state index is 11.0. The molecule has 0 radical (unpaired) electrons. The summed E-state index contributed by atoms with van der Waals surface area (Å²) in [6, 6.07) is 1.59. The van der Waals surface area contributed by atoms with Gasteiger partial charge in [0.05, 0.1) is 5.30 Å². The minimum atomic E-state index is -3.11. The van der Waals surface area contributed by atoms with Gasteiger partial charge in [0.15, 0.2) is 13.2 Å². The predicted octanol–water partition coefficient (Wildman–Crippen LogP) is -0.568. The van der Waals surface area contributed by atoms with E-state index >= 15 is 0 Å². The molecule has 0 aliphatic rings. The molecule has 1 aromatic rings. The Hall–Kier alpha value is -0.730. The average molecular weight is 173 g/mol. The van der Waals surface area contributed by atoms with Crippen molar-refractivity contribution < 1.29 is 14.1 Å². The summed E-state index contributed by atoms with van der Waals surface area (Å²) < 4.78 is 12.6. The van der Waals surface area contributed by atoms with E-state index in [1.165, 1.54) is 12.9 Å². The van der Waals surface area contributed by atoms with E-state index in [4.69, 9.17) is 4.89 Å². The number of hydrogen-bond donors (Lipinski definition) is 1. The van der Waals surface area contributed by atoms with Gasteiger partial charge in [0.25, 0.3) is 0 Å². The summed E-state index contributed by atoms with van der Waals surface area (Å²) in [4.78, 5) is 9.09. The fourth-order valence-electron chi connectivity index (χ4n) is 0.661. The van der Waals surface area contributed by atoms with Crippen molar-refractivity contribution in [2.75, 3.05) is 6.66 Å². The van der Waals surface area contributed by atoms with Crippen LogP contribution in [0.4, 0.5) is 0 Å². The zero-order valence-electron chi connectivity index (χ0n) is 6.43. The molecular formula is C6H10N2O2P+. The van der Waals surface area contributed by atoms with Crippen molar-refractivity contribution in [2.45, 2.75) is 0 Å². The Balaban J connectivity index is 3.09. The zero-order chi connectivity index (χ0) is 8.48. The van der Waals surface area contributed by atoms with Crippen molar-refractivity contribution >= 4 is 12.7 Å². The lowest BCUT2D eigenvalue weighted by Gasteiger charge is -2.00. The third-order valence-corrected chi connectivity index (χ3v) is 2.53. The maximum Gasteiger partial charge on any atom is 0.228 e. The Morgan fingerprint density at radius 1 is 1.73 bits per heavy atom. The van der Waals surface area contributed by atoms with Gasteiger partial charge >= 0.3 is 0 Å². The molecule has 0 aromatic carbocycles. The van der Waals surface area contributed by atoms with Crippen molar-refractivity contribution in [3.8, 4) is 0 Å². The number of nitrogens with zero attached hydrogens (tertiary/aromatic N) is 2. The number of hydrogen-bond acceptors (Lipinski definition) is 2. The molecule has 1 aromatic heterocycles. The third kappa shape index (κ3) is 2.10. The molecule has 0 saturated heterocycles. The van der Waals surface area contributed by atoms with Crippen molar-refractivity contribution in [1.29, 1.82) is 0 Å². The molecule has 0 bridgehead atoms. The SMILES string of the molecule is C[n+]1ccc(P(C)(=O)O)cn1. The molecule has 0 saturated carbocycles. The summed E-state index contributed by atoms with van der Waals surface area (Å²) >= 11 is 0. The summed E-state index contributed by atoms with van der Waals surface area (Å²) in [7, 11) is -1.36. The van der Waals surface area contributed by atoms with Gasteiger partial charge in [-0.1, -0.05) is 4.68 Å². The first-order chi connectivity index (χ1) is 5.00. The van der Waals surface area contributed by atoms with Gasteiger partial charge in [0.1, 0.15) is 6.20 Å². The third-order valence-electron chi connectivity index (χ3n) is 1.31. The topological polar surface area (TPSA) is 54.1 Å². The Morgan fingerprint density at radius 3 is 2.73 bits per heavy atom. The molecule has 1 rings (SSSR count). The summed E-state index contributed by atoms with van der Waals surface area (Å²) in [6.07, 6.45) is 3.04. The van der Waals surface area contributed by atoms with E-state index < -0.39 is 7.37 Å². The summed E-state index contributed by atoms with van der Waals surface area (Å²) in [5.74, 6) is 0. The second-order valence-corrected chi connectivity index (χ2v) is 4.71. The molecule has 5 heteroatoms. The first-order valence-corrected chi connectivity index (χ1v) is 5.23. The summed E-state index contributed by atoms with van der Waals surface area (Å²) in [6.45, 7) is 1.30. The lowest BCUT2D eigenvalue weighted by atomic mass is 10.6. The normalized spacial score (nSPS) is 15.9. The van der Waals surface area contributed by atoms with Gasteiger partial charge in [-0.3, -0.25) is 4.57 Å². The summed E-state index contributed by atoms with van der Waals surface area (Å²) in [5.41, 5.74) is 0. The van der Waals surface area contributed by atoms with Crippen molar-refractivity contribution in [3.05, 3.63) is 18.5 Å². The van der Waals surface area contributed by atoms with Crippen LogP contribution in [0.15, 0.2) is 18.5 Å². The largest absolute Gasteiger partial charge is 0.341 e. The standard InChI is InChI=1S/C6H9N2O2P/c1-8-4-3-6(5-7-8)11(2,9)10/h3-5H,1-2H3/p+1. The van der Waals surface area contributed by atoms with Gasteiger partial charge < -0.3 is 4.89 Å². The molecule has 0 amide bonds. The summed E-state index contributed by atoms with van der Waals surface area (Å²) in [5, 5.41) is 4.21. The van der Waals surface area contributed by atoms with Crippen molar-refractivity contribution in [1.82, 2.24) is 5.10 Å². The van der Waals surface area contributed by atoms with E-state index in [9.17, 15) is 4.57 Å². The maximum atomic E-state index is 11.0. The molecule has 1 N–H and O–H groups in total. The Labute approximate surface area is 64.9 Å². The first kappa shape index (κ1) is 8.37. The van der Waals surface area contributed by atoms with Crippen LogP contribution in [0.2, 0.25) is 0 Å². The minimum Gasteiger partial charge on any atom is -0.341 e. The minimum absolute atomic E-state index is 0.385. The molecule has 11 heavy (non-hydrogen) atoms. The highest BCUT2D eigenvalue weighted by Gasteiger charge is 2.14. The van der Waals surface area contributed by atoms with Crippen molar-refractivity contribution in [2.24, 2.45) is 7.05 Å². The average Bonchev–Trinajstić information content (AvgIpc) is 1.86. The molecule has 0 aliphatic carbocycles. The molecule has 1 heterocycles. The van der Waals surface area contributed by atoms with Crippen LogP contribution in [-0.2, 0) is 11.6 Å². The zero-order valence-corrected chi connectivity index (χ0v) is 7.32. The fourth-order valence-corrected chi connectivity index (χ4v) is 1.27. The molecule has 4 nitrogen and oxygen atoms in total. The fraction of sp³-hybridized carbons (Fsp3) is 0.333. The smallest absolute Gasteiger partial charge is 0.228 e. The highest BCUT2D eigenvalue weighted by Crippen LogP contribution is 2.32. The monoisotopic (exact) mass is 173 g/mol. The lowest BCUT2D eigenvalue weighted by molar-refractivity contribution is -0.730. The van der Waals surface area contributed by atoms with Crippen LogP contribution < -0.4 is 9.99 Å². The van der Waals surface area contributed by atoms with E-state index in [1.54, 1.807) is 24.0 Å². The molecule has 0 spiro atoms. The molecule has 1 atom stereocenters. The van der Waals surface area contributed by atoms with E-state index in [2.05, 4.69) is 5.10 Å². The molecule has 60 valence electrons. The first-order valence-electron chi connectivity index (χ1n) is 3.13. The van der Waals surface area contributed by atoms with E-state index in [0.717, 1.165) is 0 Å². The number of aryl methyl sites for hydroxylation is 1. The van der Waals surface area contributed by atoms with E-state index in [0.29, 0.717) is 5.30 Å².